The van der Waals surface area contributed by atoms with Crippen molar-refractivity contribution in [1.82, 2.24) is 10.2 Å². The predicted molar refractivity (Wildman–Crippen MR) is 87.0 cm³/mol. The third-order valence-corrected chi connectivity index (χ3v) is 2.71. The Kier molecular flexibility index (Phi) is 6.16. The highest BCUT2D eigenvalue weighted by atomic mass is 16.5. The van der Waals surface area contributed by atoms with E-state index in [1.165, 1.54) is 4.90 Å². The number of hydrogen-bond acceptors (Lipinski definition) is 3. The van der Waals surface area contributed by atoms with Crippen molar-refractivity contribution in [2.45, 2.75) is 26.3 Å². The van der Waals surface area contributed by atoms with Crippen LogP contribution in [0, 0.1) is 0 Å². The first kappa shape index (κ1) is 17.8. The summed E-state index contributed by atoms with van der Waals surface area (Å²) in [7, 11) is 1.60. The number of benzene rings is 1. The van der Waals surface area contributed by atoms with Gasteiger partial charge in [-0.15, -0.1) is 0 Å². The molecule has 0 fully saturated rings. The topological polar surface area (TPSA) is 58.6 Å². The molecule has 22 heavy (non-hydrogen) atoms. The first-order valence-electron chi connectivity index (χ1n) is 7.13. The average molecular weight is 304 g/mol. The van der Waals surface area contributed by atoms with E-state index >= 15 is 0 Å². The number of rotatable bonds is 6. The van der Waals surface area contributed by atoms with Gasteiger partial charge in [0.15, 0.2) is 0 Å². The average Bonchev–Trinajstić information content (AvgIpc) is 2.42. The number of likely N-dealkylation sites (N-methyl/N-ethyl adjacent to an activating group) is 1. The second-order valence-electron chi connectivity index (χ2n) is 6.08. The summed E-state index contributed by atoms with van der Waals surface area (Å²) in [6.45, 7) is 9.70. The number of amides is 2. The van der Waals surface area contributed by atoms with Crippen LogP contribution in [-0.4, -0.2) is 42.5 Å². The van der Waals surface area contributed by atoms with Gasteiger partial charge in [0.05, 0.1) is 6.54 Å². The molecule has 0 saturated heterocycles. The van der Waals surface area contributed by atoms with Crippen LogP contribution in [0.5, 0.6) is 5.75 Å². The van der Waals surface area contributed by atoms with Gasteiger partial charge in [-0.2, -0.15) is 0 Å². The summed E-state index contributed by atoms with van der Waals surface area (Å²) in [4.78, 5) is 25.5. The monoisotopic (exact) mass is 304 g/mol. The molecular weight excluding hydrogens is 280 g/mol. The van der Waals surface area contributed by atoms with Gasteiger partial charge in [0.1, 0.15) is 12.4 Å². The Morgan fingerprint density at radius 3 is 2.36 bits per heavy atom. The normalized spacial score (nSPS) is 10.7. The summed E-state index contributed by atoms with van der Waals surface area (Å²) in [5.74, 6) is 0.276. The molecule has 0 aliphatic heterocycles. The highest BCUT2D eigenvalue weighted by Gasteiger charge is 2.18. The van der Waals surface area contributed by atoms with E-state index < -0.39 is 0 Å². The second kappa shape index (κ2) is 7.64. The molecule has 0 aliphatic rings. The summed E-state index contributed by atoms with van der Waals surface area (Å²) in [6.07, 6.45) is 1.65. The molecule has 1 rings (SSSR count). The summed E-state index contributed by atoms with van der Waals surface area (Å²) in [6, 6.07) is 6.80. The number of nitrogens with zero attached hydrogens (tertiary/aromatic N) is 1. The molecule has 5 nitrogen and oxygen atoms in total. The molecule has 0 aliphatic carbocycles. The number of hydrogen-bond donors (Lipinski definition) is 1. The standard InChI is InChI=1S/C17H24N2O3/c1-6-11-22-14-9-7-13(8-10-14)16(21)19(5)12-15(20)18-17(2,3)4/h6-10H,1,11-12H2,2-5H3,(H,18,20). The van der Waals surface area contributed by atoms with Gasteiger partial charge in [-0.25, -0.2) is 0 Å². The van der Waals surface area contributed by atoms with E-state index in [2.05, 4.69) is 11.9 Å². The minimum atomic E-state index is -0.314. The van der Waals surface area contributed by atoms with Crippen LogP contribution in [0.15, 0.2) is 36.9 Å². The highest BCUT2D eigenvalue weighted by Crippen LogP contribution is 2.13. The predicted octanol–water partition coefficient (Wildman–Crippen LogP) is 2.24. The van der Waals surface area contributed by atoms with Crippen molar-refractivity contribution in [3.05, 3.63) is 42.5 Å². The molecule has 1 aromatic rings. The van der Waals surface area contributed by atoms with Crippen LogP contribution >= 0.6 is 0 Å². The zero-order valence-electron chi connectivity index (χ0n) is 13.7. The summed E-state index contributed by atoms with van der Waals surface area (Å²) < 4.78 is 5.36. The van der Waals surface area contributed by atoms with Gasteiger partial charge in [-0.1, -0.05) is 12.7 Å². The van der Waals surface area contributed by atoms with Crippen LogP contribution < -0.4 is 10.1 Å². The van der Waals surface area contributed by atoms with Crippen molar-refractivity contribution >= 4 is 11.8 Å². The summed E-state index contributed by atoms with van der Waals surface area (Å²) in [5.41, 5.74) is 0.197. The maximum absolute atomic E-state index is 12.3. The van der Waals surface area contributed by atoms with E-state index in [0.717, 1.165) is 0 Å². The Hall–Kier alpha value is -2.30. The van der Waals surface area contributed by atoms with Crippen molar-refractivity contribution in [3.8, 4) is 5.75 Å². The Balaban J connectivity index is 2.62. The number of ether oxygens (including phenoxy) is 1. The molecule has 0 heterocycles. The van der Waals surface area contributed by atoms with E-state index in [0.29, 0.717) is 17.9 Å². The van der Waals surface area contributed by atoms with E-state index in [1.807, 2.05) is 20.8 Å². The van der Waals surface area contributed by atoms with E-state index in [9.17, 15) is 9.59 Å². The number of carbonyl (C=O) groups is 2. The minimum absolute atomic E-state index is 0.0187. The molecule has 0 atom stereocenters. The van der Waals surface area contributed by atoms with E-state index in [-0.39, 0.29) is 23.9 Å². The van der Waals surface area contributed by atoms with Gasteiger partial charge in [0.2, 0.25) is 5.91 Å². The molecule has 1 aromatic carbocycles. The molecule has 0 unspecified atom stereocenters. The Bertz CT molecular complexity index is 530. The zero-order chi connectivity index (χ0) is 16.8. The number of nitrogens with one attached hydrogen (secondary N) is 1. The molecule has 5 heteroatoms. The van der Waals surface area contributed by atoms with Crippen molar-refractivity contribution in [2.24, 2.45) is 0 Å². The van der Waals surface area contributed by atoms with Crippen LogP contribution in [0.1, 0.15) is 31.1 Å². The van der Waals surface area contributed by atoms with Gasteiger partial charge < -0.3 is 15.0 Å². The molecule has 0 saturated carbocycles. The van der Waals surface area contributed by atoms with E-state index in [1.54, 1.807) is 37.4 Å². The zero-order valence-corrected chi connectivity index (χ0v) is 13.7. The first-order valence-corrected chi connectivity index (χ1v) is 7.13. The SMILES string of the molecule is C=CCOc1ccc(C(=O)N(C)CC(=O)NC(C)(C)C)cc1. The van der Waals surface area contributed by atoms with Crippen molar-refractivity contribution in [2.75, 3.05) is 20.2 Å². The number of carbonyl (C=O) groups excluding carboxylic acids is 2. The van der Waals surface area contributed by atoms with Gasteiger partial charge >= 0.3 is 0 Å². The van der Waals surface area contributed by atoms with Crippen LogP contribution in [0.4, 0.5) is 0 Å². The van der Waals surface area contributed by atoms with Crippen LogP contribution in [0.25, 0.3) is 0 Å². The first-order chi connectivity index (χ1) is 10.2. The van der Waals surface area contributed by atoms with E-state index in [4.69, 9.17) is 4.74 Å². The smallest absolute Gasteiger partial charge is 0.254 e. The lowest BCUT2D eigenvalue weighted by molar-refractivity contribution is -0.122. The molecule has 120 valence electrons. The lowest BCUT2D eigenvalue weighted by Crippen LogP contribution is -2.46. The fourth-order valence-electron chi connectivity index (χ4n) is 1.81. The van der Waals surface area contributed by atoms with Crippen LogP contribution in [0.3, 0.4) is 0 Å². The summed E-state index contributed by atoms with van der Waals surface area (Å²) >= 11 is 0. The molecule has 2 amide bonds. The maximum Gasteiger partial charge on any atom is 0.254 e. The van der Waals surface area contributed by atoms with Crippen LogP contribution in [-0.2, 0) is 4.79 Å². The van der Waals surface area contributed by atoms with Crippen molar-refractivity contribution in [3.63, 3.8) is 0 Å². The lowest BCUT2D eigenvalue weighted by Gasteiger charge is -2.23. The van der Waals surface area contributed by atoms with Gasteiger partial charge in [0.25, 0.3) is 5.91 Å². The highest BCUT2D eigenvalue weighted by molar-refractivity contribution is 5.96. The third-order valence-electron chi connectivity index (χ3n) is 2.71. The molecule has 0 aromatic heterocycles. The molecule has 0 bridgehead atoms. The third kappa shape index (κ3) is 5.99. The van der Waals surface area contributed by atoms with Crippen molar-refractivity contribution in [1.29, 1.82) is 0 Å². The van der Waals surface area contributed by atoms with Gasteiger partial charge in [0, 0.05) is 18.2 Å². The fraction of sp³-hybridized carbons (Fsp3) is 0.412. The minimum Gasteiger partial charge on any atom is -0.490 e. The Morgan fingerprint density at radius 2 is 1.86 bits per heavy atom. The maximum atomic E-state index is 12.3. The Morgan fingerprint density at radius 1 is 1.27 bits per heavy atom. The van der Waals surface area contributed by atoms with Gasteiger partial charge in [-0.05, 0) is 45.0 Å². The molecule has 0 spiro atoms. The quantitative estimate of drug-likeness (QED) is 0.820. The largest absolute Gasteiger partial charge is 0.490 e. The molecule has 0 radical (unpaired) electrons. The van der Waals surface area contributed by atoms with Gasteiger partial charge in [-0.3, -0.25) is 9.59 Å². The second-order valence-corrected chi connectivity index (χ2v) is 6.08. The fourth-order valence-corrected chi connectivity index (χ4v) is 1.81. The molecular formula is C17H24N2O3. The molecule has 1 N–H and O–H groups in total. The summed E-state index contributed by atoms with van der Waals surface area (Å²) in [5, 5.41) is 2.83. The van der Waals surface area contributed by atoms with Crippen LogP contribution in [0.2, 0.25) is 0 Å². The Labute approximate surface area is 132 Å². The van der Waals surface area contributed by atoms with Crippen molar-refractivity contribution < 1.29 is 14.3 Å². The lowest BCUT2D eigenvalue weighted by atomic mass is 10.1.